The van der Waals surface area contributed by atoms with E-state index in [1.807, 2.05) is 115 Å². The van der Waals surface area contributed by atoms with Crippen molar-refractivity contribution in [2.24, 2.45) is 0 Å². The van der Waals surface area contributed by atoms with Gasteiger partial charge in [-0.3, -0.25) is 4.40 Å². The zero-order valence-corrected chi connectivity index (χ0v) is 30.8. The maximum Gasteiger partial charge on any atom is 0.165 e. The van der Waals surface area contributed by atoms with Crippen molar-refractivity contribution in [3.8, 4) is 56.8 Å². The molecule has 12 aromatic rings. The van der Waals surface area contributed by atoms with Gasteiger partial charge in [-0.1, -0.05) is 133 Å². The second kappa shape index (κ2) is 12.7. The number of hydrogen-bond acceptors (Lipinski definition) is 7. The molecule has 0 N–H and O–H groups in total. The molecule has 0 unspecified atom stereocenters. The fourth-order valence-corrected chi connectivity index (χ4v) is 8.20. The molecule has 0 bridgehead atoms. The normalized spacial score (nSPS) is 11.8. The largest absolute Gasteiger partial charge is 0.456 e. The Kier molecular flexibility index (Phi) is 7.06. The van der Waals surface area contributed by atoms with Crippen molar-refractivity contribution in [2.45, 2.75) is 0 Å². The highest BCUT2D eigenvalue weighted by Gasteiger charge is 2.22. The lowest BCUT2D eigenvalue weighted by Crippen LogP contribution is -2.00. The minimum Gasteiger partial charge on any atom is -0.456 e. The molecule has 8 nitrogen and oxygen atoms in total. The highest BCUT2D eigenvalue weighted by atomic mass is 16.3. The molecule has 0 saturated heterocycles. The van der Waals surface area contributed by atoms with Crippen molar-refractivity contribution in [3.63, 3.8) is 0 Å². The predicted molar refractivity (Wildman–Crippen MR) is 231 cm³/mol. The highest BCUT2D eigenvalue weighted by molar-refractivity contribution is 6.18. The van der Waals surface area contributed by atoms with Gasteiger partial charge in [0.15, 0.2) is 28.9 Å². The lowest BCUT2D eigenvalue weighted by Gasteiger charge is -2.14. The van der Waals surface area contributed by atoms with Crippen molar-refractivity contribution in [3.05, 3.63) is 176 Å². The van der Waals surface area contributed by atoms with Crippen LogP contribution in [-0.2, 0) is 0 Å². The van der Waals surface area contributed by atoms with E-state index in [-0.39, 0.29) is 0 Å². The fraction of sp³-hybridized carbons (Fsp3) is 0. The molecule has 5 heterocycles. The topological polar surface area (TPSA) is 94.9 Å². The number of fused-ring (bicyclic) bond motifs is 11. The summed E-state index contributed by atoms with van der Waals surface area (Å²) in [6.07, 6.45) is 0. The van der Waals surface area contributed by atoms with E-state index >= 15 is 0 Å². The SMILES string of the molecule is c1ccc(-c2nc(-c3ccccc3)nc(-c3cccc4oc5ccc(-c6nc(-c7ccccc7)c7c8ccccc8n8c9ccccc9nc8c7n6)cc5c34)n2)cc1. The highest BCUT2D eigenvalue weighted by Crippen LogP contribution is 2.41. The fourth-order valence-electron chi connectivity index (χ4n) is 8.20. The number of rotatable bonds is 5. The van der Waals surface area contributed by atoms with Gasteiger partial charge in [-0.15, -0.1) is 0 Å². The number of benzene rings is 7. The van der Waals surface area contributed by atoms with Gasteiger partial charge in [0.05, 0.1) is 22.2 Å². The van der Waals surface area contributed by atoms with Gasteiger partial charge in [-0.25, -0.2) is 29.9 Å². The first-order chi connectivity index (χ1) is 28.7. The lowest BCUT2D eigenvalue weighted by molar-refractivity contribution is 0.669. The molecule has 0 aliphatic rings. The van der Waals surface area contributed by atoms with Crippen LogP contribution >= 0.6 is 0 Å². The first-order valence-electron chi connectivity index (χ1n) is 19.1. The maximum absolute atomic E-state index is 6.51. The van der Waals surface area contributed by atoms with Gasteiger partial charge in [0.1, 0.15) is 16.7 Å². The van der Waals surface area contributed by atoms with E-state index in [0.29, 0.717) is 23.3 Å². The zero-order valence-electron chi connectivity index (χ0n) is 30.8. The molecule has 0 radical (unpaired) electrons. The molecule has 7 aromatic carbocycles. The molecule has 0 saturated carbocycles. The monoisotopic (exact) mass is 743 g/mol. The van der Waals surface area contributed by atoms with Crippen molar-refractivity contribution in [2.75, 3.05) is 0 Å². The van der Waals surface area contributed by atoms with Crippen LogP contribution < -0.4 is 0 Å². The Labute approximate surface area is 330 Å². The van der Waals surface area contributed by atoms with Gasteiger partial charge in [0, 0.05) is 49.4 Å². The minimum absolute atomic E-state index is 0.556. The molecule has 0 fully saturated rings. The molecule has 12 rings (SSSR count). The van der Waals surface area contributed by atoms with E-state index in [2.05, 4.69) is 65.1 Å². The summed E-state index contributed by atoms with van der Waals surface area (Å²) in [5, 5.41) is 3.83. The minimum atomic E-state index is 0.556. The van der Waals surface area contributed by atoms with Crippen LogP contribution in [0.5, 0.6) is 0 Å². The van der Waals surface area contributed by atoms with Crippen LogP contribution in [0.1, 0.15) is 0 Å². The van der Waals surface area contributed by atoms with Crippen LogP contribution in [0.2, 0.25) is 0 Å². The summed E-state index contributed by atoms with van der Waals surface area (Å²) in [5.74, 6) is 2.33. The number of para-hydroxylation sites is 3. The Bertz CT molecular complexity index is 3510. The number of nitrogens with zero attached hydrogens (tertiary/aromatic N) is 7. The third-order valence-electron chi connectivity index (χ3n) is 10.8. The van der Waals surface area contributed by atoms with Gasteiger partial charge >= 0.3 is 0 Å². The van der Waals surface area contributed by atoms with Gasteiger partial charge in [0.2, 0.25) is 0 Å². The number of furan rings is 1. The van der Waals surface area contributed by atoms with Crippen LogP contribution in [0.15, 0.2) is 180 Å². The molecule has 0 spiro atoms. The molecular formula is C50H29N7O. The molecule has 0 aliphatic heterocycles. The van der Waals surface area contributed by atoms with Gasteiger partial charge in [0.25, 0.3) is 0 Å². The van der Waals surface area contributed by atoms with Gasteiger partial charge in [-0.05, 0) is 42.5 Å². The Morgan fingerprint density at radius 1 is 0.379 bits per heavy atom. The molecule has 0 amide bonds. The average molecular weight is 744 g/mol. The third kappa shape index (κ3) is 5.02. The van der Waals surface area contributed by atoms with Gasteiger partial charge < -0.3 is 4.42 Å². The number of imidazole rings is 1. The molecule has 8 heteroatoms. The first kappa shape index (κ1) is 32.2. The van der Waals surface area contributed by atoms with E-state index in [1.54, 1.807) is 0 Å². The molecule has 0 atom stereocenters. The summed E-state index contributed by atoms with van der Waals surface area (Å²) in [6.45, 7) is 0. The molecule has 5 aromatic heterocycles. The molecule has 270 valence electrons. The van der Waals surface area contributed by atoms with Gasteiger partial charge in [-0.2, -0.15) is 0 Å². The van der Waals surface area contributed by atoms with Crippen LogP contribution in [0.4, 0.5) is 0 Å². The summed E-state index contributed by atoms with van der Waals surface area (Å²) in [5.41, 5.74) is 11.4. The van der Waals surface area contributed by atoms with E-state index in [9.17, 15) is 0 Å². The lowest BCUT2D eigenvalue weighted by atomic mass is 10.0. The summed E-state index contributed by atoms with van der Waals surface area (Å²) in [7, 11) is 0. The van der Waals surface area contributed by atoms with Crippen LogP contribution in [0, 0.1) is 0 Å². The summed E-state index contributed by atoms with van der Waals surface area (Å²) in [6, 6.07) is 59.2. The first-order valence-corrected chi connectivity index (χ1v) is 19.1. The third-order valence-corrected chi connectivity index (χ3v) is 10.8. The smallest absolute Gasteiger partial charge is 0.165 e. The van der Waals surface area contributed by atoms with E-state index in [0.717, 1.165) is 93.9 Å². The predicted octanol–water partition coefficient (Wildman–Crippen LogP) is 12.0. The van der Waals surface area contributed by atoms with Crippen LogP contribution in [0.25, 0.3) is 117 Å². The quantitative estimate of drug-likeness (QED) is 0.162. The number of aromatic nitrogens is 7. The second-order valence-electron chi connectivity index (χ2n) is 14.3. The number of pyridine rings is 1. The summed E-state index contributed by atoms with van der Waals surface area (Å²) >= 11 is 0. The molecule has 58 heavy (non-hydrogen) atoms. The summed E-state index contributed by atoms with van der Waals surface area (Å²) < 4.78 is 8.73. The Hall–Kier alpha value is -8.10. The van der Waals surface area contributed by atoms with E-state index < -0.39 is 0 Å². The molecular weight excluding hydrogens is 715 g/mol. The van der Waals surface area contributed by atoms with E-state index in [1.165, 1.54) is 0 Å². The Balaban J connectivity index is 1.12. The zero-order chi connectivity index (χ0) is 38.2. The maximum atomic E-state index is 6.51. The Morgan fingerprint density at radius 2 is 1.00 bits per heavy atom. The van der Waals surface area contributed by atoms with Crippen molar-refractivity contribution in [1.82, 2.24) is 34.3 Å². The second-order valence-corrected chi connectivity index (χ2v) is 14.3. The van der Waals surface area contributed by atoms with E-state index in [4.69, 9.17) is 34.3 Å². The van der Waals surface area contributed by atoms with Crippen molar-refractivity contribution < 1.29 is 4.42 Å². The Morgan fingerprint density at radius 3 is 1.74 bits per heavy atom. The van der Waals surface area contributed by atoms with Crippen molar-refractivity contribution in [1.29, 1.82) is 0 Å². The standard InChI is InChI=1S/C50H29N7O/c1-4-15-30(16-5-1)44-43-34-21-10-12-24-38(34)57-39-25-13-11-23-37(39)51-50(57)45(43)53-48(52-44)33-27-28-40-36(29-33)42-35(22-14-26-41(42)58-40)49-55-46(31-17-6-2-7-18-31)54-47(56-49)32-19-8-3-9-20-32/h1-29H. The summed E-state index contributed by atoms with van der Waals surface area (Å²) in [4.78, 5) is 31.0. The van der Waals surface area contributed by atoms with Crippen LogP contribution in [-0.4, -0.2) is 34.3 Å². The molecule has 0 aliphatic carbocycles. The van der Waals surface area contributed by atoms with Crippen molar-refractivity contribution >= 4 is 60.4 Å². The van der Waals surface area contributed by atoms with Crippen LogP contribution in [0.3, 0.4) is 0 Å². The number of hydrogen-bond donors (Lipinski definition) is 0. The average Bonchev–Trinajstić information content (AvgIpc) is 3.89.